The van der Waals surface area contributed by atoms with E-state index >= 15 is 16.8 Å². The van der Waals surface area contributed by atoms with E-state index in [4.69, 9.17) is 46.4 Å². The summed E-state index contributed by atoms with van der Waals surface area (Å²) >= 11 is 25.1. The van der Waals surface area contributed by atoms with Crippen LogP contribution in [0.2, 0.25) is 20.1 Å². The molecule has 2 unspecified atom stereocenters. The summed E-state index contributed by atoms with van der Waals surface area (Å²) in [5.41, 5.74) is 0.968. The number of para-hydroxylation sites is 2. The Morgan fingerprint density at radius 3 is 1.50 bits per heavy atom. The van der Waals surface area contributed by atoms with Gasteiger partial charge in [-0.1, -0.05) is 82.8 Å². The van der Waals surface area contributed by atoms with Gasteiger partial charge in [-0.25, -0.2) is 44.6 Å². The molecule has 22 heteroatoms. The molecule has 0 fully saturated rings. The van der Waals surface area contributed by atoms with Crippen molar-refractivity contribution in [3.05, 3.63) is 171 Å². The van der Waals surface area contributed by atoms with Crippen molar-refractivity contribution in [2.45, 2.75) is 28.3 Å². The van der Waals surface area contributed by atoms with Crippen molar-refractivity contribution >= 4 is 130 Å². The Labute approximate surface area is 408 Å². The molecule has 0 saturated carbocycles. The van der Waals surface area contributed by atoms with E-state index in [0.717, 1.165) is 36.4 Å². The van der Waals surface area contributed by atoms with Crippen molar-refractivity contribution in [1.29, 1.82) is 0 Å². The first-order valence-electron chi connectivity index (χ1n) is 20.0. The third-order valence-corrected chi connectivity index (χ3v) is 15.2. The third-order valence-electron chi connectivity index (χ3n) is 10.8. The number of rotatable bonds is 13. The molecule has 16 nitrogen and oxygen atoms in total. The molecule has 0 spiro atoms. The van der Waals surface area contributed by atoms with Crippen LogP contribution in [0, 0.1) is 0 Å². The number of carbonyl (C=O) groups excluding carboxylic acids is 2. The van der Waals surface area contributed by atoms with Crippen LogP contribution in [-0.4, -0.2) is 74.2 Å². The number of urea groups is 1. The number of anilines is 5. The normalized spacial score (nSPS) is 13.3. The van der Waals surface area contributed by atoms with E-state index in [2.05, 4.69) is 10.6 Å². The summed E-state index contributed by atoms with van der Waals surface area (Å²) < 4.78 is 62.4. The average molecular weight is 1040 g/mol. The fraction of sp³-hybridized carbons (Fsp3) is 0.0870. The van der Waals surface area contributed by atoms with Gasteiger partial charge in [0.05, 0.1) is 26.7 Å². The lowest BCUT2D eigenvalue weighted by Crippen LogP contribution is -2.62. The molecule has 4 N–H and O–H groups in total. The molecular weight excluding hydrogens is 1000 g/mol. The van der Waals surface area contributed by atoms with Gasteiger partial charge in [-0.3, -0.25) is 9.47 Å². The second-order valence-corrected chi connectivity index (χ2v) is 20.5. The molecule has 1 aromatic heterocycles. The molecule has 0 saturated heterocycles. The molecule has 7 aromatic rings. The number of hydrogen-bond acceptors (Lipinski definition) is 8. The second-order valence-electron chi connectivity index (χ2n) is 15.1. The van der Waals surface area contributed by atoms with Gasteiger partial charge in [-0.15, -0.1) is 0 Å². The third kappa shape index (κ3) is 9.51. The Bertz CT molecular complexity index is 3340. The number of fused-ring (bicyclic) bond motifs is 2. The molecule has 0 bridgehead atoms. The minimum Gasteiger partial charge on any atom is -0.480 e. The first kappa shape index (κ1) is 47.7. The van der Waals surface area contributed by atoms with Crippen molar-refractivity contribution in [2.75, 3.05) is 30.7 Å². The van der Waals surface area contributed by atoms with E-state index in [0.29, 0.717) is 22.6 Å². The number of halogens is 4. The smallest absolute Gasteiger partial charge is 0.330 e. The number of nitrogens with zero attached hydrogens (tertiary/aromatic N) is 4. The minimum atomic E-state index is -5.31. The topological polar surface area (TPSA) is 216 Å². The van der Waals surface area contributed by atoms with Gasteiger partial charge in [-0.2, -0.15) is 0 Å². The van der Waals surface area contributed by atoms with Gasteiger partial charge >= 0.3 is 24.0 Å². The number of aromatic nitrogens is 1. The number of carboxylic acid groups (broad SMARTS) is 2. The highest BCUT2D eigenvalue weighted by Gasteiger charge is 2.51. The lowest BCUT2D eigenvalue weighted by Gasteiger charge is -2.39. The van der Waals surface area contributed by atoms with E-state index < -0.39 is 77.3 Å². The summed E-state index contributed by atoms with van der Waals surface area (Å²) in [4.78, 5) is 54.8. The van der Waals surface area contributed by atoms with Crippen molar-refractivity contribution in [3.63, 3.8) is 0 Å². The molecule has 2 atom stereocenters. The predicted molar refractivity (Wildman–Crippen MR) is 261 cm³/mol. The zero-order valence-corrected chi connectivity index (χ0v) is 39.4. The Morgan fingerprint density at radius 2 is 1.01 bits per heavy atom. The zero-order chi connectivity index (χ0) is 48.7. The van der Waals surface area contributed by atoms with Gasteiger partial charge in [0, 0.05) is 55.3 Å². The first-order valence-corrected chi connectivity index (χ1v) is 24.4. The van der Waals surface area contributed by atoms with Gasteiger partial charge in [-0.05, 0) is 115 Å². The van der Waals surface area contributed by atoms with Crippen LogP contribution in [0.25, 0.3) is 10.9 Å². The Hall–Kier alpha value is -6.80. The average Bonchev–Trinajstić information content (AvgIpc) is 3.91. The number of aliphatic carboxylic acids is 2. The first-order chi connectivity index (χ1) is 32.3. The molecule has 2 heterocycles. The number of carboxylic acids is 2. The lowest BCUT2D eigenvalue weighted by molar-refractivity contribution is -0.146. The van der Waals surface area contributed by atoms with Crippen LogP contribution in [-0.2, 0) is 36.1 Å². The predicted octanol–water partition coefficient (Wildman–Crippen LogP) is 9.93. The van der Waals surface area contributed by atoms with E-state index in [-0.39, 0.29) is 52.6 Å². The Balaban J connectivity index is 1.31. The van der Waals surface area contributed by atoms with Crippen LogP contribution in [0.15, 0.2) is 156 Å². The second kappa shape index (κ2) is 19.1. The summed E-state index contributed by atoms with van der Waals surface area (Å²) in [5.74, 6) is -4.21. The van der Waals surface area contributed by atoms with Crippen molar-refractivity contribution < 1.29 is 46.2 Å². The number of nitrogens with one attached hydrogen (secondary N) is 2. The molecular formula is C46H34Cl4N6O10S2. The van der Waals surface area contributed by atoms with Crippen molar-refractivity contribution in [3.8, 4) is 0 Å². The standard InChI is InChI=1S/C46H34Cl4N6O10S2/c47-29-21-30(48)24-37(23-29)67(63,64)55(35-11-13-39-27(19-35)15-17-53(39)45(61)51-33-7-3-1-4-8-33)41(43(57)58)42(44(59)60)56(68(65,66)38-25-31(49)22-32(50)26-38)36-12-14-40-28(20-36)16-18-54(40)46(62)52-34-9-5-2-6-10-34/h1-15,17,19-26,41-42H,16,18H2,(H,51,61)(H,52,62)(H,57,58)(H,59,60). The van der Waals surface area contributed by atoms with E-state index in [9.17, 15) is 29.4 Å². The maximum atomic E-state index is 15.2. The highest BCUT2D eigenvalue weighted by molar-refractivity contribution is 7.93. The van der Waals surface area contributed by atoms with Crippen molar-refractivity contribution in [1.82, 2.24) is 4.57 Å². The highest BCUT2D eigenvalue weighted by Crippen LogP contribution is 2.40. The lowest BCUT2D eigenvalue weighted by atomic mass is 10.1. The summed E-state index contributed by atoms with van der Waals surface area (Å²) in [6.45, 7) is 0.112. The van der Waals surface area contributed by atoms with Crippen LogP contribution in [0.4, 0.5) is 38.0 Å². The molecule has 6 aromatic carbocycles. The molecule has 1 aliphatic heterocycles. The van der Waals surface area contributed by atoms with Gasteiger partial charge in [0.2, 0.25) is 0 Å². The molecule has 3 amide bonds. The van der Waals surface area contributed by atoms with Crippen LogP contribution < -0.4 is 24.1 Å². The minimum absolute atomic E-state index is 0.112. The van der Waals surface area contributed by atoms with Crippen LogP contribution >= 0.6 is 46.4 Å². The number of amides is 3. The number of benzene rings is 6. The molecule has 1 aliphatic rings. The maximum Gasteiger partial charge on any atom is 0.330 e. The van der Waals surface area contributed by atoms with Gasteiger partial charge in [0.15, 0.2) is 12.1 Å². The molecule has 348 valence electrons. The number of sulfonamides is 2. The van der Waals surface area contributed by atoms with Crippen LogP contribution in [0.1, 0.15) is 5.56 Å². The van der Waals surface area contributed by atoms with Crippen molar-refractivity contribution in [2.24, 2.45) is 0 Å². The molecule has 8 rings (SSSR count). The summed E-state index contributed by atoms with van der Waals surface area (Å²) in [6, 6.07) is 25.4. The van der Waals surface area contributed by atoms with E-state index in [1.54, 1.807) is 60.7 Å². The van der Waals surface area contributed by atoms with Crippen LogP contribution in [0.3, 0.4) is 0 Å². The largest absolute Gasteiger partial charge is 0.480 e. The molecule has 0 aliphatic carbocycles. The number of carbonyl (C=O) groups is 4. The summed E-state index contributed by atoms with van der Waals surface area (Å²) in [7, 11) is -10.6. The highest BCUT2D eigenvalue weighted by atomic mass is 35.5. The van der Waals surface area contributed by atoms with Gasteiger partial charge in [0.1, 0.15) is 0 Å². The Morgan fingerprint density at radius 1 is 0.559 bits per heavy atom. The van der Waals surface area contributed by atoms with E-state index in [1.165, 1.54) is 58.1 Å². The maximum absolute atomic E-state index is 15.2. The monoisotopic (exact) mass is 1030 g/mol. The fourth-order valence-electron chi connectivity index (χ4n) is 7.80. The zero-order valence-electron chi connectivity index (χ0n) is 34.7. The Kier molecular flexibility index (Phi) is 13.4. The molecule has 68 heavy (non-hydrogen) atoms. The molecule has 0 radical (unpaired) electrons. The number of hydrogen-bond donors (Lipinski definition) is 4. The van der Waals surface area contributed by atoms with E-state index in [1.807, 2.05) is 0 Å². The summed E-state index contributed by atoms with van der Waals surface area (Å²) in [6.07, 6.45) is 1.52. The SMILES string of the molecule is O=C(O)C(C(C(=O)O)N(c1ccc2c(ccn2C(=O)Nc2ccccc2)c1)S(=O)(=O)c1cc(Cl)cc(Cl)c1)N(c1ccc2c(c1)CCN2C(=O)Nc1ccccc1)S(=O)(=O)c1cc(Cl)cc(Cl)c1. The van der Waals surface area contributed by atoms with Gasteiger partial charge < -0.3 is 20.8 Å². The summed E-state index contributed by atoms with van der Waals surface area (Å²) in [5, 5.41) is 27.5. The quantitative estimate of drug-likeness (QED) is 0.0857. The fourth-order valence-corrected chi connectivity index (χ4v) is 12.5. The van der Waals surface area contributed by atoms with Crippen LogP contribution in [0.5, 0.6) is 0 Å². The van der Waals surface area contributed by atoms with Gasteiger partial charge in [0.25, 0.3) is 20.0 Å².